The highest BCUT2D eigenvalue weighted by atomic mass is 19.1. The fourth-order valence-electron chi connectivity index (χ4n) is 4.30. The van der Waals surface area contributed by atoms with Gasteiger partial charge in [0, 0.05) is 54.9 Å². The van der Waals surface area contributed by atoms with Gasteiger partial charge in [0.2, 0.25) is 0 Å². The molecular weight excluding hydrogens is 481 g/mol. The Bertz CT molecular complexity index is 1280. The number of benzene rings is 2. The van der Waals surface area contributed by atoms with Crippen LogP contribution in [0.4, 0.5) is 20.6 Å². The molecule has 1 fully saturated rings. The number of ether oxygens (including phenoxy) is 1. The molecule has 0 aromatic heterocycles. The number of piperazine rings is 1. The zero-order valence-electron chi connectivity index (χ0n) is 22.2. The smallest absolute Gasteiger partial charge is 0.410 e. The van der Waals surface area contributed by atoms with Gasteiger partial charge in [0.05, 0.1) is 5.71 Å². The topological polar surface area (TPSA) is 69.5 Å². The molecular formula is C30H34FN5O2. The second-order valence-corrected chi connectivity index (χ2v) is 10.1. The molecule has 38 heavy (non-hydrogen) atoms. The minimum Gasteiger partial charge on any atom is -0.444 e. The molecule has 1 aliphatic carbocycles. The summed E-state index contributed by atoms with van der Waals surface area (Å²) in [5.74, 6) is -0.297. The third-order valence-electron chi connectivity index (χ3n) is 6.12. The molecule has 0 atom stereocenters. The van der Waals surface area contributed by atoms with Crippen molar-refractivity contribution in [3.63, 3.8) is 0 Å². The van der Waals surface area contributed by atoms with Gasteiger partial charge in [-0.15, -0.1) is 0 Å². The first kappa shape index (κ1) is 26.9. The van der Waals surface area contributed by atoms with Crippen molar-refractivity contribution >= 4 is 35.5 Å². The molecule has 2 aromatic rings. The number of carbonyl (C=O) groups is 1. The Balaban J connectivity index is 1.38. The zero-order valence-corrected chi connectivity index (χ0v) is 22.2. The molecule has 1 saturated heterocycles. The standard InChI is InChI=1S/C30H34FN5O2/c1-30(2,3)38-29(37)36-17-15-35(16-18-36)26-13-11-25(12-14-26)33-21-34-28-23(20-32-4)8-6-10-27(28)22-7-5-9-24(31)19-22/h5-14,19-20,33H,4,15-18,21H2,1-3H3/b23-20-,34-28+. The second kappa shape index (κ2) is 11.9. The molecule has 0 radical (unpaired) electrons. The molecule has 1 heterocycles. The van der Waals surface area contributed by atoms with E-state index in [1.807, 2.05) is 57.2 Å². The van der Waals surface area contributed by atoms with E-state index in [0.717, 1.165) is 46.9 Å². The maximum Gasteiger partial charge on any atom is 0.410 e. The van der Waals surface area contributed by atoms with Crippen molar-refractivity contribution in [1.82, 2.24) is 4.90 Å². The lowest BCUT2D eigenvalue weighted by Gasteiger charge is -2.36. The average molecular weight is 516 g/mol. The first-order chi connectivity index (χ1) is 18.2. The third kappa shape index (κ3) is 6.97. The predicted molar refractivity (Wildman–Crippen MR) is 154 cm³/mol. The van der Waals surface area contributed by atoms with Crippen LogP contribution in [0.5, 0.6) is 0 Å². The van der Waals surface area contributed by atoms with Crippen molar-refractivity contribution in [3.8, 4) is 0 Å². The van der Waals surface area contributed by atoms with E-state index in [2.05, 4.69) is 34.1 Å². The molecule has 8 heteroatoms. The maximum absolute atomic E-state index is 13.9. The molecule has 2 aliphatic rings. The van der Waals surface area contributed by atoms with Crippen LogP contribution in [0.2, 0.25) is 0 Å². The Morgan fingerprint density at radius 1 is 1.13 bits per heavy atom. The van der Waals surface area contributed by atoms with Gasteiger partial charge in [-0.2, -0.15) is 0 Å². The summed E-state index contributed by atoms with van der Waals surface area (Å²) < 4.78 is 19.4. The summed E-state index contributed by atoms with van der Waals surface area (Å²) in [6, 6.07) is 14.6. The van der Waals surface area contributed by atoms with Crippen LogP contribution < -0.4 is 10.2 Å². The van der Waals surface area contributed by atoms with Gasteiger partial charge in [0.1, 0.15) is 18.1 Å². The van der Waals surface area contributed by atoms with Crippen molar-refractivity contribution in [3.05, 3.63) is 89.9 Å². The molecule has 4 rings (SSSR count). The van der Waals surface area contributed by atoms with Crippen LogP contribution in [0.15, 0.2) is 88.5 Å². The number of amides is 1. The van der Waals surface area contributed by atoms with Crippen molar-refractivity contribution in [2.45, 2.75) is 26.4 Å². The zero-order chi connectivity index (χ0) is 27.1. The number of nitrogens with zero attached hydrogens (tertiary/aromatic N) is 4. The Kier molecular flexibility index (Phi) is 8.41. The van der Waals surface area contributed by atoms with Crippen LogP contribution in [0.25, 0.3) is 5.57 Å². The van der Waals surface area contributed by atoms with E-state index in [4.69, 9.17) is 9.73 Å². The van der Waals surface area contributed by atoms with Gasteiger partial charge in [-0.25, -0.2) is 9.18 Å². The van der Waals surface area contributed by atoms with E-state index in [9.17, 15) is 9.18 Å². The van der Waals surface area contributed by atoms with Crippen molar-refractivity contribution in [1.29, 1.82) is 0 Å². The van der Waals surface area contributed by atoms with E-state index in [0.29, 0.717) is 19.8 Å². The monoisotopic (exact) mass is 515 g/mol. The number of hydrogen-bond acceptors (Lipinski definition) is 6. The molecule has 1 N–H and O–H groups in total. The van der Waals surface area contributed by atoms with Gasteiger partial charge in [0.15, 0.2) is 0 Å². The quantitative estimate of drug-likeness (QED) is 0.484. The molecule has 0 saturated carbocycles. The largest absolute Gasteiger partial charge is 0.444 e. The van der Waals surface area contributed by atoms with Crippen LogP contribution in [0.3, 0.4) is 0 Å². The molecule has 1 amide bonds. The summed E-state index contributed by atoms with van der Waals surface area (Å²) in [6.07, 6.45) is 7.12. The summed E-state index contributed by atoms with van der Waals surface area (Å²) in [4.78, 5) is 25.0. The number of halogens is 1. The van der Waals surface area contributed by atoms with Crippen LogP contribution in [0, 0.1) is 5.82 Å². The number of carbonyl (C=O) groups excluding carboxylic acids is 1. The van der Waals surface area contributed by atoms with Crippen LogP contribution in [-0.2, 0) is 4.74 Å². The lowest BCUT2D eigenvalue weighted by molar-refractivity contribution is 0.0240. The van der Waals surface area contributed by atoms with E-state index in [1.54, 1.807) is 17.2 Å². The summed E-state index contributed by atoms with van der Waals surface area (Å²) in [5, 5.41) is 3.34. The van der Waals surface area contributed by atoms with Crippen molar-refractivity contribution in [2.75, 3.05) is 43.1 Å². The van der Waals surface area contributed by atoms with E-state index in [-0.39, 0.29) is 11.9 Å². The number of anilines is 2. The summed E-state index contributed by atoms with van der Waals surface area (Å²) in [5.41, 5.74) is 4.64. The van der Waals surface area contributed by atoms with Crippen molar-refractivity contribution < 1.29 is 13.9 Å². The SMILES string of the molecule is C=N/C=C1/C=CC=C(c2cccc(F)c2)/C1=N/CNc1ccc(N2CCN(C(=O)OC(C)(C)C)CC2)cc1. The number of allylic oxidation sites excluding steroid dienone is 5. The summed E-state index contributed by atoms with van der Waals surface area (Å²) in [7, 11) is 0. The van der Waals surface area contributed by atoms with E-state index < -0.39 is 5.60 Å². The van der Waals surface area contributed by atoms with Gasteiger partial charge in [-0.3, -0.25) is 9.98 Å². The third-order valence-corrected chi connectivity index (χ3v) is 6.12. The first-order valence-corrected chi connectivity index (χ1v) is 12.7. The fraction of sp³-hybridized carbons (Fsp3) is 0.300. The van der Waals surface area contributed by atoms with Gasteiger partial charge in [0.25, 0.3) is 0 Å². The number of nitrogens with one attached hydrogen (secondary N) is 1. The Hall–Kier alpha value is -4.20. The normalized spacial score (nSPS) is 17.9. The first-order valence-electron chi connectivity index (χ1n) is 12.7. The van der Waals surface area contributed by atoms with Gasteiger partial charge < -0.3 is 19.9 Å². The fourth-order valence-corrected chi connectivity index (χ4v) is 4.30. The Morgan fingerprint density at radius 2 is 1.87 bits per heavy atom. The highest BCUT2D eigenvalue weighted by Crippen LogP contribution is 2.26. The van der Waals surface area contributed by atoms with Crippen LogP contribution in [0.1, 0.15) is 26.3 Å². The molecule has 1 aliphatic heterocycles. The van der Waals surface area contributed by atoms with Crippen molar-refractivity contribution in [2.24, 2.45) is 9.98 Å². The average Bonchev–Trinajstić information content (AvgIpc) is 2.89. The maximum atomic E-state index is 13.9. The van der Waals surface area contributed by atoms with E-state index >= 15 is 0 Å². The van der Waals surface area contributed by atoms with Crippen LogP contribution >= 0.6 is 0 Å². The molecule has 198 valence electrons. The van der Waals surface area contributed by atoms with Gasteiger partial charge in [-0.1, -0.05) is 30.4 Å². The number of aliphatic imine (C=N–C) groups is 2. The number of rotatable bonds is 6. The lowest BCUT2D eigenvalue weighted by atomic mass is 9.92. The van der Waals surface area contributed by atoms with Crippen LogP contribution in [-0.4, -0.2) is 61.9 Å². The molecule has 7 nitrogen and oxygen atoms in total. The minimum atomic E-state index is -0.493. The molecule has 0 unspecified atom stereocenters. The highest BCUT2D eigenvalue weighted by Gasteiger charge is 2.26. The second-order valence-electron chi connectivity index (χ2n) is 10.1. The Labute approximate surface area is 223 Å². The molecule has 2 aromatic carbocycles. The van der Waals surface area contributed by atoms with Gasteiger partial charge >= 0.3 is 6.09 Å². The van der Waals surface area contributed by atoms with E-state index in [1.165, 1.54) is 12.1 Å². The van der Waals surface area contributed by atoms with Gasteiger partial charge in [-0.05, 0) is 69.5 Å². The minimum absolute atomic E-state index is 0.260. The predicted octanol–water partition coefficient (Wildman–Crippen LogP) is 5.93. The number of hydrogen-bond donors (Lipinski definition) is 1. The summed E-state index contributed by atoms with van der Waals surface area (Å²) in [6.45, 7) is 12.3. The Morgan fingerprint density at radius 3 is 2.53 bits per heavy atom. The molecule has 0 spiro atoms. The molecule has 0 bridgehead atoms. The highest BCUT2D eigenvalue weighted by molar-refractivity contribution is 6.33. The summed E-state index contributed by atoms with van der Waals surface area (Å²) >= 11 is 0. The lowest BCUT2D eigenvalue weighted by Crippen LogP contribution is -2.50.